The highest BCUT2D eigenvalue weighted by Gasteiger charge is 2.11. The lowest BCUT2D eigenvalue weighted by atomic mass is 10.1. The van der Waals surface area contributed by atoms with Crippen molar-refractivity contribution in [3.8, 4) is 0 Å². The number of benzene rings is 1. The quantitative estimate of drug-likeness (QED) is 0.749. The summed E-state index contributed by atoms with van der Waals surface area (Å²) in [5, 5.41) is 12.2. The fourth-order valence-electron chi connectivity index (χ4n) is 1.16. The van der Waals surface area contributed by atoms with Crippen LogP contribution in [0, 0.1) is 5.82 Å². The van der Waals surface area contributed by atoms with Crippen molar-refractivity contribution in [3.63, 3.8) is 0 Å². The number of hydrogen-bond acceptors (Lipinski definition) is 3. The summed E-state index contributed by atoms with van der Waals surface area (Å²) in [4.78, 5) is 11.1. The summed E-state index contributed by atoms with van der Waals surface area (Å²) in [6.07, 6.45) is -0.858. The van der Waals surface area contributed by atoms with Crippen molar-refractivity contribution in [1.29, 1.82) is 0 Å². The second-order valence-corrected chi connectivity index (χ2v) is 3.60. The normalized spacial score (nSPS) is 13.4. The summed E-state index contributed by atoms with van der Waals surface area (Å²) in [6.45, 7) is 1.62. The van der Waals surface area contributed by atoms with Gasteiger partial charge in [0.05, 0.1) is 12.1 Å². The van der Waals surface area contributed by atoms with Crippen LogP contribution in [0.5, 0.6) is 0 Å². The van der Waals surface area contributed by atoms with Gasteiger partial charge in [-0.25, -0.2) is 4.39 Å². The van der Waals surface area contributed by atoms with Crippen LogP contribution in [-0.2, 0) is 4.79 Å². The van der Waals surface area contributed by atoms with Gasteiger partial charge < -0.3 is 16.2 Å². The molecule has 17 heavy (non-hydrogen) atoms. The maximum absolute atomic E-state index is 12.6. The number of rotatable bonds is 4. The first-order chi connectivity index (χ1) is 7.50. The van der Waals surface area contributed by atoms with Crippen molar-refractivity contribution in [2.24, 2.45) is 5.73 Å². The molecule has 1 unspecified atom stereocenters. The van der Waals surface area contributed by atoms with Crippen LogP contribution in [0.4, 0.5) is 4.39 Å². The van der Waals surface area contributed by atoms with E-state index < -0.39 is 12.1 Å². The summed E-state index contributed by atoms with van der Waals surface area (Å²) >= 11 is 0. The molecule has 96 valence electrons. The van der Waals surface area contributed by atoms with Crippen LogP contribution in [0.3, 0.4) is 0 Å². The predicted octanol–water partition coefficient (Wildman–Crippen LogP) is 0.744. The van der Waals surface area contributed by atoms with Crippen molar-refractivity contribution in [2.75, 3.05) is 6.54 Å². The van der Waals surface area contributed by atoms with Gasteiger partial charge in [-0.3, -0.25) is 4.79 Å². The first kappa shape index (κ1) is 15.8. The fraction of sp³-hybridized carbons (Fsp3) is 0.364. The minimum atomic E-state index is -0.858. The van der Waals surface area contributed by atoms with E-state index in [0.717, 1.165) is 0 Å². The smallest absolute Gasteiger partial charge is 0.236 e. The molecule has 0 aliphatic carbocycles. The third kappa shape index (κ3) is 5.12. The Morgan fingerprint density at radius 1 is 1.47 bits per heavy atom. The van der Waals surface area contributed by atoms with E-state index in [1.54, 1.807) is 6.92 Å². The lowest BCUT2D eigenvalue weighted by Gasteiger charge is -2.13. The van der Waals surface area contributed by atoms with Gasteiger partial charge in [-0.2, -0.15) is 0 Å². The molecule has 0 heterocycles. The van der Waals surface area contributed by atoms with Gasteiger partial charge in [0.25, 0.3) is 0 Å². The number of carbonyl (C=O) groups is 1. The van der Waals surface area contributed by atoms with E-state index >= 15 is 0 Å². The van der Waals surface area contributed by atoms with Crippen LogP contribution in [0.25, 0.3) is 0 Å². The van der Waals surface area contributed by atoms with Gasteiger partial charge in [-0.05, 0) is 24.6 Å². The number of carbonyl (C=O) groups excluding carboxylic acids is 1. The molecule has 0 aromatic heterocycles. The molecule has 0 bridgehead atoms. The Bertz CT molecular complexity index is 357. The summed E-state index contributed by atoms with van der Waals surface area (Å²) in [5.74, 6) is -0.697. The SMILES string of the molecule is C[C@H](N)C(=O)NCC(O)c1ccc(F)cc1.Cl. The first-order valence-corrected chi connectivity index (χ1v) is 4.97. The van der Waals surface area contributed by atoms with E-state index in [4.69, 9.17) is 5.73 Å². The molecule has 0 radical (unpaired) electrons. The molecule has 1 aromatic rings. The molecule has 1 amide bonds. The first-order valence-electron chi connectivity index (χ1n) is 4.97. The second kappa shape index (κ2) is 7.21. The number of halogens is 2. The number of aliphatic hydroxyl groups excluding tert-OH is 1. The Kier molecular flexibility index (Phi) is 6.72. The van der Waals surface area contributed by atoms with Crippen molar-refractivity contribution in [2.45, 2.75) is 19.1 Å². The number of amides is 1. The lowest BCUT2D eigenvalue weighted by molar-refractivity contribution is -0.122. The van der Waals surface area contributed by atoms with E-state index in [1.165, 1.54) is 24.3 Å². The number of aliphatic hydroxyl groups is 1. The second-order valence-electron chi connectivity index (χ2n) is 3.60. The van der Waals surface area contributed by atoms with E-state index in [-0.39, 0.29) is 30.7 Å². The monoisotopic (exact) mass is 262 g/mol. The van der Waals surface area contributed by atoms with E-state index in [0.29, 0.717) is 5.56 Å². The van der Waals surface area contributed by atoms with Gasteiger partial charge >= 0.3 is 0 Å². The molecular weight excluding hydrogens is 247 g/mol. The molecule has 1 rings (SSSR count). The molecule has 0 spiro atoms. The van der Waals surface area contributed by atoms with Crippen LogP contribution in [0.1, 0.15) is 18.6 Å². The highest BCUT2D eigenvalue weighted by molar-refractivity contribution is 5.85. The van der Waals surface area contributed by atoms with E-state index in [9.17, 15) is 14.3 Å². The third-order valence-electron chi connectivity index (χ3n) is 2.14. The molecule has 0 saturated heterocycles. The van der Waals surface area contributed by atoms with E-state index in [1.807, 2.05) is 0 Å². The number of nitrogens with one attached hydrogen (secondary N) is 1. The molecule has 0 aliphatic rings. The highest BCUT2D eigenvalue weighted by Crippen LogP contribution is 2.12. The minimum Gasteiger partial charge on any atom is -0.387 e. The zero-order chi connectivity index (χ0) is 12.1. The van der Waals surface area contributed by atoms with Crippen LogP contribution in [0.15, 0.2) is 24.3 Å². The summed E-state index contributed by atoms with van der Waals surface area (Å²) in [5.41, 5.74) is 5.89. The standard InChI is InChI=1S/C11H15FN2O2.ClH/c1-7(13)11(16)14-6-10(15)8-2-4-9(12)5-3-8;/h2-5,7,10,15H,6,13H2,1H3,(H,14,16);1H/t7-,10?;/m0./s1. The van der Waals surface area contributed by atoms with Crippen LogP contribution >= 0.6 is 12.4 Å². The van der Waals surface area contributed by atoms with Gasteiger partial charge in [0.15, 0.2) is 0 Å². The van der Waals surface area contributed by atoms with Gasteiger partial charge in [-0.1, -0.05) is 12.1 Å². The molecular formula is C11H16ClFN2O2. The molecule has 4 nitrogen and oxygen atoms in total. The van der Waals surface area contributed by atoms with Crippen molar-refractivity contribution in [1.82, 2.24) is 5.32 Å². The minimum absolute atomic E-state index is 0. The molecule has 0 aliphatic heterocycles. The molecule has 2 atom stereocenters. The Hall–Kier alpha value is -1.17. The van der Waals surface area contributed by atoms with Gasteiger partial charge in [0.1, 0.15) is 5.82 Å². The lowest BCUT2D eigenvalue weighted by Crippen LogP contribution is -2.40. The zero-order valence-electron chi connectivity index (χ0n) is 9.39. The third-order valence-corrected chi connectivity index (χ3v) is 2.14. The average Bonchev–Trinajstić information content (AvgIpc) is 2.26. The molecule has 1 aromatic carbocycles. The van der Waals surface area contributed by atoms with Crippen LogP contribution in [-0.4, -0.2) is 23.6 Å². The number of nitrogens with two attached hydrogens (primary N) is 1. The summed E-state index contributed by atoms with van der Waals surface area (Å²) < 4.78 is 12.6. The topological polar surface area (TPSA) is 75.4 Å². The number of hydrogen-bond donors (Lipinski definition) is 3. The van der Waals surface area contributed by atoms with Crippen LogP contribution in [0.2, 0.25) is 0 Å². The Morgan fingerprint density at radius 2 is 2.00 bits per heavy atom. The van der Waals surface area contributed by atoms with Crippen molar-refractivity contribution in [3.05, 3.63) is 35.6 Å². The highest BCUT2D eigenvalue weighted by atomic mass is 35.5. The Balaban J connectivity index is 0.00000256. The van der Waals surface area contributed by atoms with Gasteiger partial charge in [-0.15, -0.1) is 12.4 Å². The summed E-state index contributed by atoms with van der Waals surface area (Å²) in [7, 11) is 0. The largest absolute Gasteiger partial charge is 0.387 e. The maximum Gasteiger partial charge on any atom is 0.236 e. The van der Waals surface area contributed by atoms with Gasteiger partial charge in [0.2, 0.25) is 5.91 Å². The fourth-order valence-corrected chi connectivity index (χ4v) is 1.16. The zero-order valence-corrected chi connectivity index (χ0v) is 10.2. The molecule has 0 fully saturated rings. The summed E-state index contributed by atoms with van der Waals surface area (Å²) in [6, 6.07) is 4.84. The molecule has 6 heteroatoms. The van der Waals surface area contributed by atoms with E-state index in [2.05, 4.69) is 5.32 Å². The average molecular weight is 263 g/mol. The Morgan fingerprint density at radius 3 is 2.47 bits per heavy atom. The van der Waals surface area contributed by atoms with Crippen LogP contribution < -0.4 is 11.1 Å². The predicted molar refractivity (Wildman–Crippen MR) is 65.3 cm³/mol. The van der Waals surface area contributed by atoms with Gasteiger partial charge in [0, 0.05) is 6.54 Å². The van der Waals surface area contributed by atoms with Crippen molar-refractivity contribution < 1.29 is 14.3 Å². The maximum atomic E-state index is 12.6. The molecule has 0 saturated carbocycles. The molecule has 4 N–H and O–H groups in total. The van der Waals surface area contributed by atoms with Crippen molar-refractivity contribution >= 4 is 18.3 Å². The Labute approximate surface area is 105 Å².